The van der Waals surface area contributed by atoms with E-state index in [1.807, 2.05) is 37.9 Å². The highest BCUT2D eigenvalue weighted by Gasteiger charge is 2.39. The van der Waals surface area contributed by atoms with Crippen molar-refractivity contribution >= 4 is 23.8 Å². The molecule has 0 saturated carbocycles. The third-order valence-electron chi connectivity index (χ3n) is 5.23. The molecule has 2 aromatic heterocycles. The number of halogens is 9. The number of fused-ring (bicyclic) bond motifs is 1. The van der Waals surface area contributed by atoms with Crippen LogP contribution in [0.15, 0.2) is 30.9 Å². The Labute approximate surface area is 253 Å². The number of likely N-dealkylation sites (N-methyl/N-ethyl adjacent to an activating group) is 1. The van der Waals surface area contributed by atoms with Gasteiger partial charge in [-0.3, -0.25) is 14.7 Å². The lowest BCUT2D eigenvalue weighted by atomic mass is 9.98. The lowest BCUT2D eigenvalue weighted by molar-refractivity contribution is -0.193. The molecule has 260 valence electrons. The molecular formula is C24H28F9N5O8. The van der Waals surface area contributed by atoms with Gasteiger partial charge in [-0.05, 0) is 17.7 Å². The lowest BCUT2D eigenvalue weighted by Crippen LogP contribution is -2.36. The van der Waals surface area contributed by atoms with Crippen molar-refractivity contribution in [3.8, 4) is 0 Å². The van der Waals surface area contributed by atoms with Gasteiger partial charge in [-0.15, -0.1) is 0 Å². The number of imidazole rings is 1. The zero-order valence-electron chi connectivity index (χ0n) is 24.0. The molecule has 1 atom stereocenters. The topological polar surface area (TPSA) is 175 Å². The summed E-state index contributed by atoms with van der Waals surface area (Å²) in [5, 5.41) is 21.4. The molecule has 46 heavy (non-hydrogen) atoms. The highest BCUT2D eigenvalue weighted by Crippen LogP contribution is 2.28. The Morgan fingerprint density at radius 3 is 1.72 bits per heavy atom. The number of alkyl halides is 9. The molecule has 0 saturated heterocycles. The maximum Gasteiger partial charge on any atom is 0.490 e. The van der Waals surface area contributed by atoms with E-state index in [9.17, 15) is 44.3 Å². The number of aromatic nitrogens is 3. The molecule has 0 bridgehead atoms. The van der Waals surface area contributed by atoms with Crippen molar-refractivity contribution in [2.75, 3.05) is 33.9 Å². The van der Waals surface area contributed by atoms with E-state index >= 15 is 0 Å². The number of carbonyl (C=O) groups excluding carboxylic acids is 1. The minimum absolute atomic E-state index is 0.0188. The molecule has 0 aliphatic carbocycles. The van der Waals surface area contributed by atoms with E-state index in [1.54, 1.807) is 19.0 Å². The minimum atomic E-state index is -5.08. The van der Waals surface area contributed by atoms with Crippen LogP contribution in [0.4, 0.5) is 39.5 Å². The first-order chi connectivity index (χ1) is 20.9. The largest absolute Gasteiger partial charge is 0.490 e. The molecule has 1 aliphatic heterocycles. The van der Waals surface area contributed by atoms with Crippen LogP contribution in [0.5, 0.6) is 0 Å². The molecule has 0 fully saturated rings. The van der Waals surface area contributed by atoms with Gasteiger partial charge < -0.3 is 29.5 Å². The van der Waals surface area contributed by atoms with E-state index in [-0.39, 0.29) is 18.4 Å². The first-order valence-corrected chi connectivity index (χ1v) is 12.2. The maximum atomic E-state index is 11.7. The highest BCUT2D eigenvalue weighted by molar-refractivity contribution is 5.76. The monoisotopic (exact) mass is 685 g/mol. The summed E-state index contributed by atoms with van der Waals surface area (Å²) in [5.41, 5.74) is 3.54. The zero-order chi connectivity index (χ0) is 36.0. The van der Waals surface area contributed by atoms with Crippen molar-refractivity contribution in [3.63, 3.8) is 0 Å². The second-order valence-corrected chi connectivity index (χ2v) is 9.12. The van der Waals surface area contributed by atoms with E-state index in [1.165, 1.54) is 11.3 Å². The molecule has 2 aromatic rings. The van der Waals surface area contributed by atoms with Gasteiger partial charge in [-0.1, -0.05) is 0 Å². The van der Waals surface area contributed by atoms with Gasteiger partial charge in [0, 0.05) is 64.8 Å². The summed E-state index contributed by atoms with van der Waals surface area (Å²) in [4.78, 5) is 50.9. The van der Waals surface area contributed by atoms with Gasteiger partial charge in [-0.25, -0.2) is 19.4 Å². The normalized spacial score (nSPS) is 14.6. The Hall–Kier alpha value is -4.47. The van der Waals surface area contributed by atoms with Crippen molar-refractivity contribution in [2.45, 2.75) is 37.5 Å². The van der Waals surface area contributed by atoms with Gasteiger partial charge in [0.2, 0.25) is 5.91 Å². The van der Waals surface area contributed by atoms with Crippen LogP contribution in [0.25, 0.3) is 0 Å². The third kappa shape index (κ3) is 16.0. The SMILES string of the molecule is CN(C)C(=O)COCC1CN(Cc2ccncc2)Cc2ncn(C)c21.O=C(O)C(F)(F)F.O=C(O)C(F)(F)F.O=C(O)C(F)(F)F. The number of nitrogens with zero attached hydrogens (tertiary/aromatic N) is 5. The number of pyridine rings is 1. The minimum Gasteiger partial charge on any atom is -0.475 e. The smallest absolute Gasteiger partial charge is 0.475 e. The molecule has 0 spiro atoms. The van der Waals surface area contributed by atoms with Crippen molar-refractivity contribution in [2.24, 2.45) is 7.05 Å². The van der Waals surface area contributed by atoms with Crippen LogP contribution in [0.1, 0.15) is 22.9 Å². The van der Waals surface area contributed by atoms with Gasteiger partial charge in [0.25, 0.3) is 0 Å². The first kappa shape index (κ1) is 41.5. The van der Waals surface area contributed by atoms with E-state index in [0.717, 1.165) is 25.3 Å². The summed E-state index contributed by atoms with van der Waals surface area (Å²) >= 11 is 0. The fourth-order valence-electron chi connectivity index (χ4n) is 3.22. The molecule has 0 aromatic carbocycles. The van der Waals surface area contributed by atoms with Gasteiger partial charge in [0.05, 0.1) is 18.6 Å². The summed E-state index contributed by atoms with van der Waals surface area (Å²) in [6.45, 7) is 3.18. The number of aliphatic carboxylic acids is 3. The molecule has 22 heteroatoms. The predicted octanol–water partition coefficient (Wildman–Crippen LogP) is 2.92. The molecule has 13 nitrogen and oxygen atoms in total. The summed E-state index contributed by atoms with van der Waals surface area (Å²) in [6.07, 6.45) is -9.75. The molecule has 1 unspecified atom stereocenters. The summed E-state index contributed by atoms with van der Waals surface area (Å²) in [5.74, 6) is -8.09. The number of aryl methyl sites for hydroxylation is 1. The number of amides is 1. The van der Waals surface area contributed by atoms with Crippen molar-refractivity contribution in [3.05, 3.63) is 47.8 Å². The van der Waals surface area contributed by atoms with Gasteiger partial charge in [0.15, 0.2) is 0 Å². The first-order valence-electron chi connectivity index (χ1n) is 12.2. The van der Waals surface area contributed by atoms with Crippen LogP contribution in [0.3, 0.4) is 0 Å². The molecule has 3 N–H and O–H groups in total. The second kappa shape index (κ2) is 17.9. The van der Waals surface area contributed by atoms with Gasteiger partial charge in [0.1, 0.15) is 6.61 Å². The van der Waals surface area contributed by atoms with Crippen LogP contribution >= 0.6 is 0 Å². The van der Waals surface area contributed by atoms with Crippen molar-refractivity contribution in [1.29, 1.82) is 0 Å². The molecule has 0 radical (unpaired) electrons. The zero-order valence-corrected chi connectivity index (χ0v) is 24.0. The lowest BCUT2D eigenvalue weighted by Gasteiger charge is -2.32. The fraction of sp³-hybridized carbons (Fsp3) is 0.500. The predicted molar refractivity (Wildman–Crippen MR) is 135 cm³/mol. The van der Waals surface area contributed by atoms with Crippen LogP contribution in [-0.2, 0) is 44.1 Å². The van der Waals surface area contributed by atoms with Crippen LogP contribution in [0, 0.1) is 0 Å². The van der Waals surface area contributed by atoms with Crippen LogP contribution in [0.2, 0.25) is 0 Å². The molecular weight excluding hydrogens is 657 g/mol. The molecule has 1 amide bonds. The molecule has 1 aliphatic rings. The number of carboxylic acid groups (broad SMARTS) is 3. The van der Waals surface area contributed by atoms with Gasteiger partial charge in [-0.2, -0.15) is 39.5 Å². The standard InChI is InChI=1S/C18H25N5O2.3C2HF3O2/c1-21(2)17(24)12-25-11-15-9-23(8-14-4-6-19-7-5-14)10-16-18(15)22(3)13-20-16;3*3-2(4,5)1(6)7/h4-7,13,15H,8-12H2,1-3H3;3*(H,6,7). The molecule has 3 rings (SSSR count). The number of carbonyl (C=O) groups is 4. The van der Waals surface area contributed by atoms with E-state index in [0.29, 0.717) is 6.61 Å². The van der Waals surface area contributed by atoms with E-state index < -0.39 is 36.4 Å². The quantitative estimate of drug-likeness (QED) is 0.382. The fourth-order valence-corrected chi connectivity index (χ4v) is 3.22. The average molecular weight is 685 g/mol. The number of hydrogen-bond donors (Lipinski definition) is 3. The highest BCUT2D eigenvalue weighted by atomic mass is 19.4. The Morgan fingerprint density at radius 1 is 0.891 bits per heavy atom. The summed E-state index contributed by atoms with van der Waals surface area (Å²) < 4.78 is 103. The number of ether oxygens (including phenoxy) is 1. The Kier molecular flexibility index (Phi) is 16.1. The van der Waals surface area contributed by atoms with Crippen LogP contribution in [-0.4, -0.2) is 116 Å². The average Bonchev–Trinajstić information content (AvgIpc) is 3.29. The Morgan fingerprint density at radius 2 is 1.33 bits per heavy atom. The number of hydrogen-bond acceptors (Lipinski definition) is 8. The summed E-state index contributed by atoms with van der Waals surface area (Å²) in [7, 11) is 5.49. The van der Waals surface area contributed by atoms with Crippen molar-refractivity contribution in [1.82, 2.24) is 24.3 Å². The Bertz CT molecular complexity index is 1230. The third-order valence-corrected chi connectivity index (χ3v) is 5.23. The maximum absolute atomic E-state index is 11.7. The van der Waals surface area contributed by atoms with Crippen LogP contribution < -0.4 is 0 Å². The van der Waals surface area contributed by atoms with E-state index in [2.05, 4.69) is 19.4 Å². The Balaban J connectivity index is 0.000000786. The summed E-state index contributed by atoms with van der Waals surface area (Å²) in [6, 6.07) is 4.07. The second-order valence-electron chi connectivity index (χ2n) is 9.12. The number of rotatable bonds is 6. The van der Waals surface area contributed by atoms with Gasteiger partial charge >= 0.3 is 36.4 Å². The van der Waals surface area contributed by atoms with Crippen molar-refractivity contribution < 1.29 is 78.7 Å². The van der Waals surface area contributed by atoms with E-state index in [4.69, 9.17) is 34.4 Å². The number of carboxylic acids is 3. The molecule has 3 heterocycles.